The van der Waals surface area contributed by atoms with Gasteiger partial charge in [0.2, 0.25) is 0 Å². The quantitative estimate of drug-likeness (QED) is 0.669. The first-order valence-electron chi connectivity index (χ1n) is 6.55. The van der Waals surface area contributed by atoms with Crippen molar-refractivity contribution in [3.63, 3.8) is 0 Å². The fourth-order valence-corrected chi connectivity index (χ4v) is 2.14. The van der Waals surface area contributed by atoms with E-state index in [1.807, 2.05) is 0 Å². The van der Waals surface area contributed by atoms with Crippen LogP contribution in [-0.4, -0.2) is 41.7 Å². The Labute approximate surface area is 122 Å². The van der Waals surface area contributed by atoms with Crippen LogP contribution < -0.4 is 4.74 Å². The van der Waals surface area contributed by atoms with Gasteiger partial charge in [0, 0.05) is 4.92 Å². The maximum absolute atomic E-state index is 11.5. The zero-order valence-corrected chi connectivity index (χ0v) is 12.2. The zero-order valence-electron chi connectivity index (χ0n) is 12.2. The maximum atomic E-state index is 11.5. The van der Waals surface area contributed by atoms with Crippen LogP contribution in [0, 0.1) is 10.1 Å². The molecule has 0 saturated carbocycles. The number of nitrogens with zero attached hydrogens (tertiary/aromatic N) is 1. The highest BCUT2D eigenvalue weighted by atomic mass is 16.7. The average Bonchev–Trinajstić information content (AvgIpc) is 2.47. The molecule has 0 spiro atoms. The Balaban J connectivity index is 2.27. The molecule has 7 nitrogen and oxygen atoms in total. The Hall–Kier alpha value is -1.70. The topological polar surface area (TPSA) is 91.1 Å². The van der Waals surface area contributed by atoms with Crippen LogP contribution in [0.3, 0.4) is 0 Å². The molecule has 0 amide bonds. The minimum Gasteiger partial charge on any atom is -0.497 e. The van der Waals surface area contributed by atoms with Gasteiger partial charge >= 0.3 is 0 Å². The Morgan fingerprint density at radius 2 is 1.81 bits per heavy atom. The molecule has 1 saturated heterocycles. The molecule has 1 fully saturated rings. The third-order valence-corrected chi connectivity index (χ3v) is 3.64. The third kappa shape index (κ3) is 2.99. The van der Waals surface area contributed by atoms with Crippen molar-refractivity contribution in [2.24, 2.45) is 0 Å². The van der Waals surface area contributed by atoms with Gasteiger partial charge in [-0.3, -0.25) is 10.1 Å². The molecule has 1 aromatic carbocycles. The summed E-state index contributed by atoms with van der Waals surface area (Å²) in [6.07, 6.45) is -1.34. The van der Waals surface area contributed by atoms with Crippen LogP contribution in [-0.2, 0) is 9.47 Å². The van der Waals surface area contributed by atoms with Gasteiger partial charge in [-0.05, 0) is 31.5 Å². The van der Waals surface area contributed by atoms with Crippen LogP contribution >= 0.6 is 0 Å². The number of rotatable bonds is 4. The van der Waals surface area contributed by atoms with Crippen molar-refractivity contribution in [1.82, 2.24) is 0 Å². The van der Waals surface area contributed by atoms with Crippen LogP contribution in [0.25, 0.3) is 0 Å². The van der Waals surface area contributed by atoms with Crippen molar-refractivity contribution in [2.75, 3.05) is 20.3 Å². The van der Waals surface area contributed by atoms with Gasteiger partial charge in [-0.25, -0.2) is 0 Å². The van der Waals surface area contributed by atoms with Gasteiger partial charge in [0.1, 0.15) is 19.0 Å². The van der Waals surface area contributed by atoms with Gasteiger partial charge in [0.25, 0.3) is 5.54 Å². The number of aliphatic hydroxyl groups is 1. The maximum Gasteiger partial charge on any atom is 0.297 e. The molecule has 1 aromatic rings. The van der Waals surface area contributed by atoms with Crippen molar-refractivity contribution in [3.05, 3.63) is 39.9 Å². The molecular weight excluding hydrogens is 278 g/mol. The molecule has 1 unspecified atom stereocenters. The second-order valence-electron chi connectivity index (χ2n) is 5.51. The van der Waals surface area contributed by atoms with Crippen LogP contribution in [0.15, 0.2) is 24.3 Å². The molecule has 0 radical (unpaired) electrons. The summed E-state index contributed by atoms with van der Waals surface area (Å²) in [7, 11) is 1.52. The molecule has 1 atom stereocenters. The molecule has 7 heteroatoms. The van der Waals surface area contributed by atoms with E-state index in [0.29, 0.717) is 11.3 Å². The number of nitro groups is 1. The fourth-order valence-electron chi connectivity index (χ4n) is 2.14. The van der Waals surface area contributed by atoms with Crippen molar-refractivity contribution in [1.29, 1.82) is 0 Å². The Morgan fingerprint density at radius 3 is 2.24 bits per heavy atom. The molecule has 2 rings (SSSR count). The lowest BCUT2D eigenvalue weighted by molar-refractivity contribution is -0.609. The fraction of sp³-hybridized carbons (Fsp3) is 0.571. The van der Waals surface area contributed by atoms with E-state index in [0.717, 1.165) is 0 Å². The predicted molar refractivity (Wildman–Crippen MR) is 73.7 cm³/mol. The zero-order chi connectivity index (χ0) is 15.7. The standard InChI is InChI=1S/C14H19NO6/c1-13(2)20-8-14(9-21-13,15(17)18)12(16)10-4-6-11(19-3)7-5-10/h4-7,12,16H,8-9H2,1-3H3. The number of hydrogen-bond donors (Lipinski definition) is 1. The second kappa shape index (κ2) is 5.59. The summed E-state index contributed by atoms with van der Waals surface area (Å²) in [6.45, 7) is 2.91. The molecule has 0 aliphatic carbocycles. The van der Waals surface area contributed by atoms with E-state index < -0.39 is 22.4 Å². The van der Waals surface area contributed by atoms with E-state index in [1.165, 1.54) is 7.11 Å². The molecule has 21 heavy (non-hydrogen) atoms. The average molecular weight is 297 g/mol. The molecule has 0 bridgehead atoms. The number of ether oxygens (including phenoxy) is 3. The molecule has 116 valence electrons. The first-order chi connectivity index (χ1) is 9.81. The first-order valence-corrected chi connectivity index (χ1v) is 6.55. The molecule has 1 aliphatic heterocycles. The summed E-state index contributed by atoms with van der Waals surface area (Å²) in [5.41, 5.74) is -1.30. The largest absolute Gasteiger partial charge is 0.497 e. The van der Waals surface area contributed by atoms with Gasteiger partial charge < -0.3 is 19.3 Å². The van der Waals surface area contributed by atoms with Crippen molar-refractivity contribution < 1.29 is 24.2 Å². The molecule has 1 aliphatic rings. The van der Waals surface area contributed by atoms with Crippen LogP contribution in [0.4, 0.5) is 0 Å². The van der Waals surface area contributed by atoms with Crippen LogP contribution in [0.2, 0.25) is 0 Å². The Morgan fingerprint density at radius 1 is 1.29 bits per heavy atom. The minimum atomic E-state index is -1.72. The van der Waals surface area contributed by atoms with Gasteiger partial charge in [0.15, 0.2) is 11.9 Å². The van der Waals surface area contributed by atoms with Crippen LogP contribution in [0.1, 0.15) is 25.5 Å². The predicted octanol–water partition coefficient (Wildman–Crippen LogP) is 1.53. The lowest BCUT2D eigenvalue weighted by Crippen LogP contribution is -2.59. The summed E-state index contributed by atoms with van der Waals surface area (Å²) in [6, 6.07) is 6.46. The Bertz CT molecular complexity index is 503. The smallest absolute Gasteiger partial charge is 0.297 e. The lowest BCUT2D eigenvalue weighted by Gasteiger charge is -2.39. The summed E-state index contributed by atoms with van der Waals surface area (Å²) < 4.78 is 15.8. The van der Waals surface area contributed by atoms with E-state index in [2.05, 4.69) is 0 Å². The SMILES string of the molecule is COc1ccc(C(O)C2([N+](=O)[O-])COC(C)(C)OC2)cc1. The van der Waals surface area contributed by atoms with Crippen molar-refractivity contribution >= 4 is 0 Å². The summed E-state index contributed by atoms with van der Waals surface area (Å²) in [4.78, 5) is 11.0. The summed E-state index contributed by atoms with van der Waals surface area (Å²) >= 11 is 0. The van der Waals surface area contributed by atoms with E-state index in [1.54, 1.807) is 38.1 Å². The van der Waals surface area contributed by atoms with E-state index in [4.69, 9.17) is 14.2 Å². The number of aliphatic hydroxyl groups excluding tert-OH is 1. The summed E-state index contributed by atoms with van der Waals surface area (Å²) in [5, 5.41) is 21.9. The second-order valence-corrected chi connectivity index (χ2v) is 5.51. The molecule has 1 heterocycles. The molecular formula is C14H19NO6. The lowest BCUT2D eigenvalue weighted by atomic mass is 9.88. The third-order valence-electron chi connectivity index (χ3n) is 3.64. The van der Waals surface area contributed by atoms with Gasteiger partial charge in [-0.15, -0.1) is 0 Å². The Kier molecular flexibility index (Phi) is 4.18. The van der Waals surface area contributed by atoms with Crippen LogP contribution in [0.5, 0.6) is 5.75 Å². The number of benzene rings is 1. The highest BCUT2D eigenvalue weighted by Gasteiger charge is 2.56. The molecule has 0 aromatic heterocycles. The molecule has 1 N–H and O–H groups in total. The normalized spacial score (nSPS) is 21.5. The first kappa shape index (κ1) is 15.7. The van der Waals surface area contributed by atoms with E-state index >= 15 is 0 Å². The van der Waals surface area contributed by atoms with Crippen molar-refractivity contribution in [3.8, 4) is 5.75 Å². The monoisotopic (exact) mass is 297 g/mol. The minimum absolute atomic E-state index is 0.222. The highest BCUT2D eigenvalue weighted by molar-refractivity contribution is 5.29. The van der Waals surface area contributed by atoms with Gasteiger partial charge in [0.05, 0.1) is 7.11 Å². The number of methoxy groups -OCH3 is 1. The van der Waals surface area contributed by atoms with Crippen molar-refractivity contribution in [2.45, 2.75) is 31.3 Å². The number of hydrogen-bond acceptors (Lipinski definition) is 6. The van der Waals surface area contributed by atoms with Gasteiger partial charge in [-0.2, -0.15) is 0 Å². The highest BCUT2D eigenvalue weighted by Crippen LogP contribution is 2.36. The summed E-state index contributed by atoms with van der Waals surface area (Å²) in [5.74, 6) is -0.280. The van der Waals surface area contributed by atoms with Gasteiger partial charge in [-0.1, -0.05) is 12.1 Å². The van der Waals surface area contributed by atoms with E-state index in [9.17, 15) is 15.2 Å². The van der Waals surface area contributed by atoms with E-state index in [-0.39, 0.29) is 13.2 Å².